The summed E-state index contributed by atoms with van der Waals surface area (Å²) in [5.41, 5.74) is 0.592. The highest BCUT2D eigenvalue weighted by molar-refractivity contribution is 4.92. The Morgan fingerprint density at radius 1 is 1.22 bits per heavy atom. The number of hydrogen-bond acceptors (Lipinski definition) is 2. The summed E-state index contributed by atoms with van der Waals surface area (Å²) in [5.74, 6) is 1.72. The number of hydrogen-bond donors (Lipinski definition) is 1. The molecule has 0 bridgehead atoms. The predicted octanol–water partition coefficient (Wildman–Crippen LogP) is 3.61. The second kappa shape index (κ2) is 6.38. The van der Waals surface area contributed by atoms with Crippen LogP contribution in [0.15, 0.2) is 0 Å². The van der Waals surface area contributed by atoms with Gasteiger partial charge in [0.15, 0.2) is 0 Å². The van der Waals surface area contributed by atoms with Gasteiger partial charge < -0.3 is 10.1 Å². The molecule has 2 aliphatic carbocycles. The highest BCUT2D eigenvalue weighted by atomic mass is 16.5. The summed E-state index contributed by atoms with van der Waals surface area (Å²) in [6.45, 7) is 6.85. The monoisotopic (exact) mass is 253 g/mol. The zero-order valence-corrected chi connectivity index (χ0v) is 12.5. The molecule has 1 unspecified atom stereocenters. The zero-order valence-electron chi connectivity index (χ0n) is 12.5. The minimum atomic E-state index is 0.592. The first-order chi connectivity index (χ1) is 8.65. The average Bonchev–Trinajstić information content (AvgIpc) is 3.06. The van der Waals surface area contributed by atoms with E-state index >= 15 is 0 Å². The summed E-state index contributed by atoms with van der Waals surface area (Å²) in [7, 11) is 1.83. The molecule has 0 radical (unpaired) electrons. The van der Waals surface area contributed by atoms with Crippen molar-refractivity contribution in [2.75, 3.05) is 20.3 Å². The Morgan fingerprint density at radius 2 is 1.89 bits per heavy atom. The molecule has 2 saturated carbocycles. The lowest BCUT2D eigenvalue weighted by Gasteiger charge is -2.33. The Kier molecular flexibility index (Phi) is 5.08. The fraction of sp³-hybridized carbons (Fsp3) is 1.00. The molecule has 2 heteroatoms. The smallest absolute Gasteiger partial charge is 0.0618 e. The molecule has 2 aliphatic rings. The molecule has 106 valence electrons. The maximum atomic E-state index is 5.37. The molecule has 0 amide bonds. The molecule has 0 saturated heterocycles. The van der Waals surface area contributed by atoms with Gasteiger partial charge in [-0.3, -0.25) is 0 Å². The van der Waals surface area contributed by atoms with Crippen molar-refractivity contribution in [1.29, 1.82) is 0 Å². The lowest BCUT2D eigenvalue weighted by molar-refractivity contribution is 0.140. The van der Waals surface area contributed by atoms with Crippen LogP contribution in [0, 0.1) is 17.3 Å². The van der Waals surface area contributed by atoms with Crippen molar-refractivity contribution in [3.8, 4) is 0 Å². The van der Waals surface area contributed by atoms with Gasteiger partial charge >= 0.3 is 0 Å². The molecule has 0 aromatic heterocycles. The second-order valence-electron chi connectivity index (χ2n) is 7.09. The highest BCUT2D eigenvalue weighted by Gasteiger charge is 2.37. The lowest BCUT2D eigenvalue weighted by Crippen LogP contribution is -2.42. The summed E-state index contributed by atoms with van der Waals surface area (Å²) in [6.07, 6.45) is 9.94. The van der Waals surface area contributed by atoms with Gasteiger partial charge in [-0.15, -0.1) is 0 Å². The van der Waals surface area contributed by atoms with Gasteiger partial charge in [-0.25, -0.2) is 0 Å². The van der Waals surface area contributed by atoms with Crippen LogP contribution in [-0.4, -0.2) is 26.3 Å². The minimum absolute atomic E-state index is 0.592. The van der Waals surface area contributed by atoms with Crippen LogP contribution < -0.4 is 5.32 Å². The third-order valence-electron chi connectivity index (χ3n) is 4.78. The van der Waals surface area contributed by atoms with Crippen LogP contribution in [-0.2, 0) is 4.74 Å². The Labute approximate surface area is 113 Å². The van der Waals surface area contributed by atoms with Crippen LogP contribution in [0.2, 0.25) is 0 Å². The number of methoxy groups -OCH3 is 1. The summed E-state index contributed by atoms with van der Waals surface area (Å²) in [6, 6.07) is 0.611. The van der Waals surface area contributed by atoms with Crippen molar-refractivity contribution < 1.29 is 4.74 Å². The fourth-order valence-corrected chi connectivity index (χ4v) is 3.83. The van der Waals surface area contributed by atoms with E-state index in [0.717, 1.165) is 18.4 Å². The van der Waals surface area contributed by atoms with Crippen molar-refractivity contribution in [3.05, 3.63) is 0 Å². The van der Waals surface area contributed by atoms with Crippen LogP contribution in [0.3, 0.4) is 0 Å². The van der Waals surface area contributed by atoms with Crippen molar-refractivity contribution in [1.82, 2.24) is 5.32 Å². The van der Waals surface area contributed by atoms with E-state index < -0.39 is 0 Å². The summed E-state index contributed by atoms with van der Waals surface area (Å²) in [5, 5.41) is 3.85. The van der Waals surface area contributed by atoms with Crippen molar-refractivity contribution in [2.24, 2.45) is 17.3 Å². The van der Waals surface area contributed by atoms with Gasteiger partial charge in [-0.05, 0) is 49.4 Å². The third kappa shape index (κ3) is 3.96. The molecule has 0 aromatic rings. The molecule has 0 heterocycles. The topological polar surface area (TPSA) is 21.3 Å². The van der Waals surface area contributed by atoms with Gasteiger partial charge in [0.25, 0.3) is 0 Å². The Morgan fingerprint density at radius 3 is 2.39 bits per heavy atom. The van der Waals surface area contributed by atoms with Crippen LogP contribution in [0.25, 0.3) is 0 Å². The fourth-order valence-electron chi connectivity index (χ4n) is 3.83. The van der Waals surface area contributed by atoms with E-state index in [1.165, 1.54) is 51.5 Å². The van der Waals surface area contributed by atoms with Crippen LogP contribution in [0.4, 0.5) is 0 Å². The molecule has 2 nitrogen and oxygen atoms in total. The predicted molar refractivity (Wildman–Crippen MR) is 76.7 cm³/mol. The van der Waals surface area contributed by atoms with Crippen molar-refractivity contribution >= 4 is 0 Å². The van der Waals surface area contributed by atoms with Crippen LogP contribution >= 0.6 is 0 Å². The SMILES string of the molecule is COCC(NCC1(CC(C)C)CCCC1)C1CC1. The third-order valence-corrected chi connectivity index (χ3v) is 4.78. The number of nitrogens with one attached hydrogen (secondary N) is 1. The molecular weight excluding hydrogens is 222 g/mol. The van der Waals surface area contributed by atoms with Crippen LogP contribution in [0.1, 0.15) is 58.8 Å². The van der Waals surface area contributed by atoms with E-state index in [0.29, 0.717) is 11.5 Å². The Hall–Kier alpha value is -0.0800. The first-order valence-electron chi connectivity index (χ1n) is 7.87. The molecule has 2 fully saturated rings. The van der Waals surface area contributed by atoms with E-state index in [1.807, 2.05) is 7.11 Å². The van der Waals surface area contributed by atoms with Gasteiger partial charge in [-0.2, -0.15) is 0 Å². The average molecular weight is 253 g/mol. The molecule has 2 rings (SSSR count). The largest absolute Gasteiger partial charge is 0.383 e. The second-order valence-corrected chi connectivity index (χ2v) is 7.09. The van der Waals surface area contributed by atoms with Gasteiger partial charge in [-0.1, -0.05) is 26.7 Å². The van der Waals surface area contributed by atoms with Gasteiger partial charge in [0.2, 0.25) is 0 Å². The van der Waals surface area contributed by atoms with E-state index in [2.05, 4.69) is 19.2 Å². The lowest BCUT2D eigenvalue weighted by atomic mass is 9.78. The molecule has 1 N–H and O–H groups in total. The summed E-state index contributed by atoms with van der Waals surface area (Å²) < 4.78 is 5.37. The van der Waals surface area contributed by atoms with Crippen molar-refractivity contribution in [2.45, 2.75) is 64.8 Å². The first-order valence-corrected chi connectivity index (χ1v) is 7.87. The van der Waals surface area contributed by atoms with E-state index in [9.17, 15) is 0 Å². The molecular formula is C16H31NO. The highest BCUT2D eigenvalue weighted by Crippen LogP contribution is 2.43. The quantitative estimate of drug-likeness (QED) is 0.713. The molecule has 0 spiro atoms. The molecule has 18 heavy (non-hydrogen) atoms. The standard InChI is InChI=1S/C16H31NO/c1-13(2)10-16(8-4-5-9-16)12-17-15(11-18-3)14-6-7-14/h13-15,17H,4-12H2,1-3H3. The summed E-state index contributed by atoms with van der Waals surface area (Å²) >= 11 is 0. The van der Waals surface area contributed by atoms with E-state index in [4.69, 9.17) is 4.74 Å². The maximum Gasteiger partial charge on any atom is 0.0618 e. The van der Waals surface area contributed by atoms with Gasteiger partial charge in [0, 0.05) is 19.7 Å². The van der Waals surface area contributed by atoms with E-state index in [1.54, 1.807) is 0 Å². The van der Waals surface area contributed by atoms with E-state index in [-0.39, 0.29) is 0 Å². The molecule has 0 aliphatic heterocycles. The Balaban J connectivity index is 1.84. The van der Waals surface area contributed by atoms with Gasteiger partial charge in [0.05, 0.1) is 6.61 Å². The van der Waals surface area contributed by atoms with Crippen LogP contribution in [0.5, 0.6) is 0 Å². The maximum absolute atomic E-state index is 5.37. The Bertz CT molecular complexity index is 241. The first kappa shape index (κ1) is 14.3. The number of ether oxygens (including phenoxy) is 1. The van der Waals surface area contributed by atoms with Crippen molar-refractivity contribution in [3.63, 3.8) is 0 Å². The normalized spacial score (nSPS) is 24.7. The minimum Gasteiger partial charge on any atom is -0.383 e. The summed E-state index contributed by atoms with van der Waals surface area (Å²) in [4.78, 5) is 0. The van der Waals surface area contributed by atoms with Gasteiger partial charge in [0.1, 0.15) is 0 Å². The zero-order chi connectivity index (χ0) is 13.0. The molecule has 1 atom stereocenters. The molecule has 0 aromatic carbocycles. The number of rotatable bonds is 8.